The van der Waals surface area contributed by atoms with Crippen LogP contribution in [-0.4, -0.2) is 27.1 Å². The van der Waals surface area contributed by atoms with Gasteiger partial charge in [-0.2, -0.15) is 0 Å². The van der Waals surface area contributed by atoms with E-state index in [1.807, 2.05) is 60.7 Å². The Hall–Kier alpha value is -3.12. The first-order chi connectivity index (χ1) is 13.9. The van der Waals surface area contributed by atoms with Gasteiger partial charge in [-0.25, -0.2) is 8.42 Å². The van der Waals surface area contributed by atoms with Gasteiger partial charge in [0.2, 0.25) is 10.0 Å². The lowest BCUT2D eigenvalue weighted by Gasteiger charge is -2.24. The smallest absolute Gasteiger partial charge is 0.253 e. The summed E-state index contributed by atoms with van der Waals surface area (Å²) >= 11 is 0. The molecule has 0 aliphatic carbocycles. The fraction of sp³-hybridized carbons (Fsp3) is 0.174. The van der Waals surface area contributed by atoms with Crippen molar-refractivity contribution >= 4 is 21.6 Å². The SMILES string of the molecule is CS(=O)(=O)N(Cc1ccccc1)c1ccccc1C(=O)NCCc1ccccc1. The van der Waals surface area contributed by atoms with Crippen LogP contribution in [0.25, 0.3) is 0 Å². The van der Waals surface area contributed by atoms with Gasteiger partial charge in [-0.1, -0.05) is 72.8 Å². The molecule has 0 radical (unpaired) electrons. The van der Waals surface area contributed by atoms with E-state index in [0.717, 1.165) is 17.4 Å². The lowest BCUT2D eigenvalue weighted by molar-refractivity contribution is 0.0955. The molecule has 1 amide bonds. The Morgan fingerprint density at radius 1 is 0.828 bits per heavy atom. The Labute approximate surface area is 172 Å². The molecule has 29 heavy (non-hydrogen) atoms. The van der Waals surface area contributed by atoms with Crippen molar-refractivity contribution in [2.45, 2.75) is 13.0 Å². The summed E-state index contributed by atoms with van der Waals surface area (Å²) in [5.41, 5.74) is 2.68. The quantitative estimate of drug-likeness (QED) is 0.619. The van der Waals surface area contributed by atoms with Crippen LogP contribution in [0.4, 0.5) is 5.69 Å². The summed E-state index contributed by atoms with van der Waals surface area (Å²) in [6.45, 7) is 0.628. The van der Waals surface area contributed by atoms with Gasteiger partial charge in [-0.05, 0) is 29.7 Å². The summed E-state index contributed by atoms with van der Waals surface area (Å²) in [5, 5.41) is 2.90. The molecule has 5 nitrogen and oxygen atoms in total. The summed E-state index contributed by atoms with van der Waals surface area (Å²) < 4.78 is 26.3. The van der Waals surface area contributed by atoms with E-state index in [-0.39, 0.29) is 12.5 Å². The maximum absolute atomic E-state index is 12.8. The monoisotopic (exact) mass is 408 g/mol. The van der Waals surface area contributed by atoms with Crippen molar-refractivity contribution in [1.82, 2.24) is 5.32 Å². The molecule has 0 aliphatic heterocycles. The van der Waals surface area contributed by atoms with Crippen molar-refractivity contribution in [1.29, 1.82) is 0 Å². The molecule has 0 saturated carbocycles. The summed E-state index contributed by atoms with van der Waals surface area (Å²) in [7, 11) is -3.58. The topological polar surface area (TPSA) is 66.5 Å². The van der Waals surface area contributed by atoms with Crippen molar-refractivity contribution in [3.8, 4) is 0 Å². The van der Waals surface area contributed by atoms with Crippen LogP contribution in [0, 0.1) is 0 Å². The van der Waals surface area contributed by atoms with E-state index in [9.17, 15) is 13.2 Å². The molecule has 150 valence electrons. The fourth-order valence-electron chi connectivity index (χ4n) is 3.07. The van der Waals surface area contributed by atoms with Gasteiger partial charge in [0.25, 0.3) is 5.91 Å². The number of carbonyl (C=O) groups is 1. The van der Waals surface area contributed by atoms with Crippen LogP contribution >= 0.6 is 0 Å². The highest BCUT2D eigenvalue weighted by molar-refractivity contribution is 7.92. The molecule has 0 unspecified atom stereocenters. The van der Waals surface area contributed by atoms with Gasteiger partial charge in [0.1, 0.15) is 0 Å². The van der Waals surface area contributed by atoms with E-state index in [1.54, 1.807) is 24.3 Å². The van der Waals surface area contributed by atoms with Gasteiger partial charge < -0.3 is 5.32 Å². The summed E-state index contributed by atoms with van der Waals surface area (Å²) in [6.07, 6.45) is 1.86. The van der Waals surface area contributed by atoms with Crippen molar-refractivity contribution in [2.75, 3.05) is 17.1 Å². The number of nitrogens with zero attached hydrogens (tertiary/aromatic N) is 1. The van der Waals surface area contributed by atoms with Crippen LogP contribution in [0.1, 0.15) is 21.5 Å². The van der Waals surface area contributed by atoms with Crippen molar-refractivity contribution in [3.05, 3.63) is 102 Å². The number of sulfonamides is 1. The Bertz CT molecular complexity index is 1050. The van der Waals surface area contributed by atoms with E-state index in [1.165, 1.54) is 4.31 Å². The highest BCUT2D eigenvalue weighted by Crippen LogP contribution is 2.25. The largest absolute Gasteiger partial charge is 0.352 e. The van der Waals surface area contributed by atoms with Crippen LogP contribution in [-0.2, 0) is 23.0 Å². The highest BCUT2D eigenvalue weighted by Gasteiger charge is 2.23. The van der Waals surface area contributed by atoms with Crippen LogP contribution in [0.5, 0.6) is 0 Å². The number of hydrogen-bond donors (Lipinski definition) is 1. The molecule has 0 atom stereocenters. The molecule has 0 spiro atoms. The molecule has 3 rings (SSSR count). The molecule has 6 heteroatoms. The highest BCUT2D eigenvalue weighted by atomic mass is 32.2. The minimum atomic E-state index is -3.58. The first kappa shape index (κ1) is 20.6. The molecule has 1 N–H and O–H groups in total. The third kappa shape index (κ3) is 5.68. The number of anilines is 1. The van der Waals surface area contributed by atoms with Crippen LogP contribution in [0.2, 0.25) is 0 Å². The molecule has 0 heterocycles. The fourth-order valence-corrected chi connectivity index (χ4v) is 3.97. The van der Waals surface area contributed by atoms with E-state index in [4.69, 9.17) is 0 Å². The first-order valence-corrected chi connectivity index (χ1v) is 11.2. The van der Waals surface area contributed by atoms with Gasteiger partial charge >= 0.3 is 0 Å². The predicted molar refractivity (Wildman–Crippen MR) is 116 cm³/mol. The molecule has 0 aliphatic rings. The molecule has 0 aromatic heterocycles. The van der Waals surface area contributed by atoms with Gasteiger partial charge in [0, 0.05) is 6.54 Å². The molecule has 0 saturated heterocycles. The number of hydrogen-bond acceptors (Lipinski definition) is 3. The normalized spacial score (nSPS) is 11.1. The molecule has 0 bridgehead atoms. The van der Waals surface area contributed by atoms with E-state index >= 15 is 0 Å². The number of rotatable bonds is 8. The number of nitrogens with one attached hydrogen (secondary N) is 1. The van der Waals surface area contributed by atoms with Crippen LogP contribution in [0.3, 0.4) is 0 Å². The zero-order valence-corrected chi connectivity index (χ0v) is 17.1. The van der Waals surface area contributed by atoms with Crippen molar-refractivity contribution in [2.24, 2.45) is 0 Å². The minimum Gasteiger partial charge on any atom is -0.352 e. The number of benzene rings is 3. The number of para-hydroxylation sites is 1. The second-order valence-corrected chi connectivity index (χ2v) is 8.67. The Kier molecular flexibility index (Phi) is 6.67. The van der Waals surface area contributed by atoms with Gasteiger partial charge in [0.15, 0.2) is 0 Å². The third-order valence-electron chi connectivity index (χ3n) is 4.53. The zero-order chi connectivity index (χ0) is 20.7. The molecule has 0 fully saturated rings. The molecule has 3 aromatic rings. The average Bonchev–Trinajstić information content (AvgIpc) is 2.73. The average molecular weight is 409 g/mol. The first-order valence-electron chi connectivity index (χ1n) is 9.38. The van der Waals surface area contributed by atoms with Gasteiger partial charge in [-0.15, -0.1) is 0 Å². The van der Waals surface area contributed by atoms with E-state index < -0.39 is 10.0 Å². The van der Waals surface area contributed by atoms with Crippen LogP contribution in [0.15, 0.2) is 84.9 Å². The second-order valence-electron chi connectivity index (χ2n) is 6.76. The lowest BCUT2D eigenvalue weighted by Crippen LogP contribution is -2.33. The predicted octanol–water partition coefficient (Wildman–Crippen LogP) is 3.63. The van der Waals surface area contributed by atoms with E-state index in [0.29, 0.717) is 24.2 Å². The third-order valence-corrected chi connectivity index (χ3v) is 5.66. The summed E-state index contributed by atoms with van der Waals surface area (Å²) in [5.74, 6) is -0.293. The zero-order valence-electron chi connectivity index (χ0n) is 16.3. The molecule has 3 aromatic carbocycles. The van der Waals surface area contributed by atoms with Gasteiger partial charge in [-0.3, -0.25) is 9.10 Å². The number of amides is 1. The Morgan fingerprint density at radius 3 is 2.00 bits per heavy atom. The van der Waals surface area contributed by atoms with E-state index in [2.05, 4.69) is 5.32 Å². The maximum Gasteiger partial charge on any atom is 0.253 e. The maximum atomic E-state index is 12.8. The summed E-state index contributed by atoms with van der Waals surface area (Å²) in [6, 6.07) is 26.0. The Balaban J connectivity index is 1.80. The van der Waals surface area contributed by atoms with Crippen molar-refractivity contribution in [3.63, 3.8) is 0 Å². The standard InChI is InChI=1S/C23H24N2O3S/c1-29(27,28)25(18-20-12-6-3-7-13-20)22-15-9-8-14-21(22)23(26)24-17-16-19-10-4-2-5-11-19/h2-15H,16-18H2,1H3,(H,24,26). The second kappa shape index (κ2) is 9.39. The molecular formula is C23H24N2O3S. The minimum absolute atomic E-state index is 0.161. The summed E-state index contributed by atoms with van der Waals surface area (Å²) in [4.78, 5) is 12.8. The lowest BCUT2D eigenvalue weighted by atomic mass is 10.1. The Morgan fingerprint density at radius 2 is 1.38 bits per heavy atom. The van der Waals surface area contributed by atoms with Crippen molar-refractivity contribution < 1.29 is 13.2 Å². The number of carbonyl (C=O) groups excluding carboxylic acids is 1. The van der Waals surface area contributed by atoms with Crippen LogP contribution < -0.4 is 9.62 Å². The molecular weight excluding hydrogens is 384 g/mol. The van der Waals surface area contributed by atoms with Gasteiger partial charge in [0.05, 0.1) is 24.1 Å².